The molecule has 21 heavy (non-hydrogen) atoms. The van der Waals surface area contributed by atoms with Crippen molar-refractivity contribution in [2.45, 2.75) is 26.3 Å². The van der Waals surface area contributed by atoms with Crippen LogP contribution in [0.15, 0.2) is 30.3 Å². The number of rotatable bonds is 7. The number of carbonyl (C=O) groups is 3. The Balaban J connectivity index is 2.63. The number of nitrogens with two attached hydrogens (primary N) is 1. The van der Waals surface area contributed by atoms with Crippen molar-refractivity contribution in [1.29, 1.82) is 0 Å². The van der Waals surface area contributed by atoms with Crippen molar-refractivity contribution in [3.05, 3.63) is 35.9 Å². The SMILES string of the molecule is CC(C)[C@H](NC(=O)c1ccccc1)C(=O)OCCC(N)=O. The fourth-order valence-corrected chi connectivity index (χ4v) is 1.65. The van der Waals surface area contributed by atoms with Crippen LogP contribution in [0.3, 0.4) is 0 Å². The molecule has 0 fully saturated rings. The lowest BCUT2D eigenvalue weighted by Gasteiger charge is -2.20. The molecule has 0 aromatic heterocycles. The fraction of sp³-hybridized carbons (Fsp3) is 0.400. The average Bonchev–Trinajstić information content (AvgIpc) is 2.44. The summed E-state index contributed by atoms with van der Waals surface area (Å²) in [6, 6.07) is 7.82. The topological polar surface area (TPSA) is 98.5 Å². The van der Waals surface area contributed by atoms with Crippen LogP contribution in [0, 0.1) is 5.92 Å². The van der Waals surface area contributed by atoms with Gasteiger partial charge in [-0.15, -0.1) is 0 Å². The van der Waals surface area contributed by atoms with Crippen molar-refractivity contribution in [3.8, 4) is 0 Å². The van der Waals surface area contributed by atoms with Gasteiger partial charge >= 0.3 is 5.97 Å². The third kappa shape index (κ3) is 5.64. The van der Waals surface area contributed by atoms with Gasteiger partial charge in [-0.1, -0.05) is 32.0 Å². The van der Waals surface area contributed by atoms with Gasteiger partial charge in [-0.05, 0) is 18.1 Å². The fourth-order valence-electron chi connectivity index (χ4n) is 1.65. The Morgan fingerprint density at radius 3 is 2.33 bits per heavy atom. The first-order valence-corrected chi connectivity index (χ1v) is 6.72. The minimum absolute atomic E-state index is 0.0385. The van der Waals surface area contributed by atoms with E-state index >= 15 is 0 Å². The minimum Gasteiger partial charge on any atom is -0.464 e. The third-order valence-electron chi connectivity index (χ3n) is 2.84. The van der Waals surface area contributed by atoms with Crippen LogP contribution in [-0.4, -0.2) is 30.4 Å². The zero-order valence-electron chi connectivity index (χ0n) is 12.2. The highest BCUT2D eigenvalue weighted by Gasteiger charge is 2.26. The molecule has 2 amide bonds. The molecule has 1 aromatic rings. The number of hydrogen-bond acceptors (Lipinski definition) is 4. The van der Waals surface area contributed by atoms with E-state index in [1.165, 1.54) is 0 Å². The molecule has 1 atom stereocenters. The Kier molecular flexibility index (Phi) is 6.39. The van der Waals surface area contributed by atoms with Gasteiger partial charge in [0.05, 0.1) is 6.42 Å². The standard InChI is InChI=1S/C15H20N2O4/c1-10(2)13(15(20)21-9-8-12(16)18)17-14(19)11-6-4-3-5-7-11/h3-7,10,13H,8-9H2,1-2H3,(H2,16,18)(H,17,19)/t13-/m0/s1. The lowest BCUT2D eigenvalue weighted by molar-refractivity contribution is -0.147. The zero-order valence-corrected chi connectivity index (χ0v) is 12.2. The van der Waals surface area contributed by atoms with Crippen molar-refractivity contribution >= 4 is 17.8 Å². The Labute approximate surface area is 123 Å². The van der Waals surface area contributed by atoms with Crippen LogP contribution in [0.4, 0.5) is 0 Å². The second kappa shape index (κ2) is 8.04. The van der Waals surface area contributed by atoms with Crippen LogP contribution >= 0.6 is 0 Å². The Bertz CT molecular complexity index is 500. The number of amides is 2. The van der Waals surface area contributed by atoms with Crippen molar-refractivity contribution in [2.75, 3.05) is 6.61 Å². The number of nitrogens with one attached hydrogen (secondary N) is 1. The Hall–Kier alpha value is -2.37. The van der Waals surface area contributed by atoms with Gasteiger partial charge in [0.1, 0.15) is 12.6 Å². The van der Waals surface area contributed by atoms with E-state index in [0.717, 1.165) is 0 Å². The summed E-state index contributed by atoms with van der Waals surface area (Å²) < 4.78 is 4.96. The number of hydrogen-bond donors (Lipinski definition) is 2. The van der Waals surface area contributed by atoms with Gasteiger partial charge in [-0.2, -0.15) is 0 Å². The van der Waals surface area contributed by atoms with Gasteiger partial charge in [0, 0.05) is 5.56 Å². The molecule has 0 saturated heterocycles. The van der Waals surface area contributed by atoms with Crippen LogP contribution in [0.5, 0.6) is 0 Å². The summed E-state index contributed by atoms with van der Waals surface area (Å²) in [5.41, 5.74) is 5.44. The first kappa shape index (κ1) is 16.7. The summed E-state index contributed by atoms with van der Waals surface area (Å²) in [4.78, 5) is 34.6. The second-order valence-electron chi connectivity index (χ2n) is 4.94. The number of ether oxygens (including phenoxy) is 1. The monoisotopic (exact) mass is 292 g/mol. The van der Waals surface area contributed by atoms with Gasteiger partial charge in [0.25, 0.3) is 5.91 Å². The molecular weight excluding hydrogens is 272 g/mol. The van der Waals surface area contributed by atoms with Crippen molar-refractivity contribution in [2.24, 2.45) is 11.7 Å². The van der Waals surface area contributed by atoms with E-state index in [1.807, 2.05) is 0 Å². The summed E-state index contributed by atoms with van der Waals surface area (Å²) in [5, 5.41) is 2.64. The maximum Gasteiger partial charge on any atom is 0.328 e. The van der Waals surface area contributed by atoms with Crippen LogP contribution < -0.4 is 11.1 Å². The Morgan fingerprint density at radius 2 is 1.81 bits per heavy atom. The largest absolute Gasteiger partial charge is 0.464 e. The minimum atomic E-state index is -0.773. The van der Waals surface area contributed by atoms with E-state index in [9.17, 15) is 14.4 Å². The summed E-state index contributed by atoms with van der Waals surface area (Å²) in [6.07, 6.45) is -0.0385. The predicted molar refractivity (Wildman–Crippen MR) is 77.3 cm³/mol. The Morgan fingerprint density at radius 1 is 1.19 bits per heavy atom. The molecule has 6 heteroatoms. The zero-order chi connectivity index (χ0) is 15.8. The van der Waals surface area contributed by atoms with Crippen LogP contribution in [0.25, 0.3) is 0 Å². The molecule has 114 valence electrons. The lowest BCUT2D eigenvalue weighted by atomic mass is 10.0. The number of primary amides is 1. The average molecular weight is 292 g/mol. The van der Waals surface area contributed by atoms with Gasteiger partial charge in [-0.3, -0.25) is 9.59 Å². The van der Waals surface area contributed by atoms with Crippen LogP contribution in [-0.2, 0) is 14.3 Å². The number of esters is 1. The van der Waals surface area contributed by atoms with E-state index in [-0.39, 0.29) is 24.9 Å². The maximum absolute atomic E-state index is 12.1. The maximum atomic E-state index is 12.1. The van der Waals surface area contributed by atoms with Gasteiger partial charge in [0.15, 0.2) is 0 Å². The molecule has 6 nitrogen and oxygen atoms in total. The smallest absolute Gasteiger partial charge is 0.328 e. The molecule has 1 aromatic carbocycles. The summed E-state index contributed by atoms with van der Waals surface area (Å²) in [7, 11) is 0. The predicted octanol–water partition coefficient (Wildman–Crippen LogP) is 0.860. The molecule has 3 N–H and O–H groups in total. The van der Waals surface area contributed by atoms with Crippen LogP contribution in [0.2, 0.25) is 0 Å². The highest BCUT2D eigenvalue weighted by atomic mass is 16.5. The quantitative estimate of drug-likeness (QED) is 0.728. The van der Waals surface area contributed by atoms with E-state index < -0.39 is 17.9 Å². The molecule has 0 bridgehead atoms. The van der Waals surface area contributed by atoms with E-state index in [4.69, 9.17) is 10.5 Å². The first-order chi connectivity index (χ1) is 9.91. The summed E-state index contributed by atoms with van der Waals surface area (Å²) >= 11 is 0. The van der Waals surface area contributed by atoms with Gasteiger partial charge in [0.2, 0.25) is 5.91 Å². The molecule has 1 rings (SSSR count). The van der Waals surface area contributed by atoms with Crippen molar-refractivity contribution in [3.63, 3.8) is 0 Å². The molecular formula is C15H20N2O4. The molecule has 0 aliphatic carbocycles. The summed E-state index contributed by atoms with van der Waals surface area (Å²) in [5.74, 6) is -1.60. The molecule has 0 unspecified atom stereocenters. The third-order valence-corrected chi connectivity index (χ3v) is 2.84. The van der Waals surface area contributed by atoms with Crippen LogP contribution in [0.1, 0.15) is 30.6 Å². The van der Waals surface area contributed by atoms with Crippen molar-refractivity contribution in [1.82, 2.24) is 5.32 Å². The molecule has 0 spiro atoms. The van der Waals surface area contributed by atoms with Crippen molar-refractivity contribution < 1.29 is 19.1 Å². The van der Waals surface area contributed by atoms with E-state index in [2.05, 4.69) is 5.32 Å². The normalized spacial score (nSPS) is 11.8. The highest BCUT2D eigenvalue weighted by molar-refractivity contribution is 5.96. The highest BCUT2D eigenvalue weighted by Crippen LogP contribution is 2.07. The second-order valence-corrected chi connectivity index (χ2v) is 4.94. The molecule has 0 saturated carbocycles. The van der Waals surface area contributed by atoms with Gasteiger partial charge < -0.3 is 15.8 Å². The van der Waals surface area contributed by atoms with Gasteiger partial charge in [-0.25, -0.2) is 4.79 Å². The van der Waals surface area contributed by atoms with E-state index in [0.29, 0.717) is 5.56 Å². The first-order valence-electron chi connectivity index (χ1n) is 6.72. The number of benzene rings is 1. The molecule has 0 heterocycles. The lowest BCUT2D eigenvalue weighted by Crippen LogP contribution is -2.45. The molecule has 0 radical (unpaired) electrons. The molecule has 0 aliphatic heterocycles. The number of carbonyl (C=O) groups excluding carboxylic acids is 3. The summed E-state index contributed by atoms with van der Waals surface area (Å²) in [6.45, 7) is 3.51. The van der Waals surface area contributed by atoms with E-state index in [1.54, 1.807) is 44.2 Å². The molecule has 0 aliphatic rings.